The Kier molecular flexibility index (Phi) is 5.29. The predicted molar refractivity (Wildman–Crippen MR) is 81.9 cm³/mol. The molecule has 0 aromatic carbocycles. The molecule has 1 aromatic heterocycles. The lowest BCUT2D eigenvalue weighted by Crippen LogP contribution is -2.29. The van der Waals surface area contributed by atoms with Crippen LogP contribution in [0.2, 0.25) is 0 Å². The molecule has 0 bridgehead atoms. The van der Waals surface area contributed by atoms with E-state index in [9.17, 15) is 0 Å². The number of nitrogens with one attached hydrogen (secondary N) is 1. The quantitative estimate of drug-likeness (QED) is 0.863. The van der Waals surface area contributed by atoms with Gasteiger partial charge in [0.05, 0.1) is 11.4 Å². The third-order valence-corrected chi connectivity index (χ3v) is 4.11. The van der Waals surface area contributed by atoms with Crippen molar-refractivity contribution in [3.8, 4) is 0 Å². The molecule has 20 heavy (non-hydrogen) atoms. The molecule has 1 aromatic rings. The van der Waals surface area contributed by atoms with Gasteiger partial charge in [0.1, 0.15) is 0 Å². The first-order chi connectivity index (χ1) is 9.63. The van der Waals surface area contributed by atoms with Crippen LogP contribution in [0.4, 0.5) is 5.95 Å². The molecule has 1 fully saturated rings. The first-order valence-electron chi connectivity index (χ1n) is 7.84. The van der Waals surface area contributed by atoms with E-state index in [0.717, 1.165) is 30.8 Å². The minimum Gasteiger partial charge on any atom is -0.353 e. The average Bonchev–Trinajstić information content (AvgIpc) is 2.94. The maximum atomic E-state index is 4.58. The summed E-state index contributed by atoms with van der Waals surface area (Å²) in [5.74, 6) is 1.37. The minimum atomic E-state index is 0.647. The van der Waals surface area contributed by atoms with Gasteiger partial charge < -0.3 is 10.2 Å². The Labute approximate surface area is 122 Å². The van der Waals surface area contributed by atoms with Crippen molar-refractivity contribution >= 4 is 5.95 Å². The number of likely N-dealkylation sites (tertiary alicyclic amines) is 1. The van der Waals surface area contributed by atoms with Crippen molar-refractivity contribution in [1.82, 2.24) is 20.1 Å². The average molecular weight is 277 g/mol. The fourth-order valence-electron chi connectivity index (χ4n) is 2.75. The Hall–Kier alpha value is -1.23. The van der Waals surface area contributed by atoms with E-state index in [2.05, 4.69) is 53.1 Å². The van der Waals surface area contributed by atoms with E-state index in [4.69, 9.17) is 0 Å². The Morgan fingerprint density at radius 2 is 1.95 bits per heavy atom. The molecule has 1 N–H and O–H groups in total. The summed E-state index contributed by atoms with van der Waals surface area (Å²) in [6.07, 6.45) is 3.07. The van der Waals surface area contributed by atoms with Gasteiger partial charge in [-0.3, -0.25) is 0 Å². The van der Waals surface area contributed by atoms with Crippen LogP contribution >= 0.6 is 0 Å². The minimum absolute atomic E-state index is 0.647. The molecule has 2 heterocycles. The van der Waals surface area contributed by atoms with Gasteiger partial charge in [-0.15, -0.1) is 5.10 Å². The predicted octanol–water partition coefficient (Wildman–Crippen LogP) is 2.14. The van der Waals surface area contributed by atoms with Crippen molar-refractivity contribution in [3.05, 3.63) is 11.4 Å². The lowest BCUT2D eigenvalue weighted by molar-refractivity contribution is 0.266. The monoisotopic (exact) mass is 277 g/mol. The van der Waals surface area contributed by atoms with Crippen LogP contribution in [0.1, 0.15) is 45.5 Å². The second-order valence-corrected chi connectivity index (χ2v) is 5.86. The second-order valence-electron chi connectivity index (χ2n) is 5.86. The van der Waals surface area contributed by atoms with Crippen LogP contribution in [0.3, 0.4) is 0 Å². The zero-order valence-electron chi connectivity index (χ0n) is 13.2. The second kappa shape index (κ2) is 6.97. The third kappa shape index (κ3) is 3.66. The number of aromatic nitrogens is 3. The van der Waals surface area contributed by atoms with Gasteiger partial charge in [0, 0.05) is 19.1 Å². The van der Waals surface area contributed by atoms with Crippen LogP contribution in [-0.2, 0) is 12.8 Å². The molecule has 0 spiro atoms. The van der Waals surface area contributed by atoms with Crippen molar-refractivity contribution in [2.45, 2.75) is 53.0 Å². The summed E-state index contributed by atoms with van der Waals surface area (Å²) in [7, 11) is 0. The molecular formula is C15H27N5. The molecule has 0 aliphatic carbocycles. The Bertz CT molecular complexity index is 432. The summed E-state index contributed by atoms with van der Waals surface area (Å²) in [5, 5.41) is 11.8. The van der Waals surface area contributed by atoms with Crippen LogP contribution < -0.4 is 5.32 Å². The van der Waals surface area contributed by atoms with Gasteiger partial charge in [0.25, 0.3) is 0 Å². The van der Waals surface area contributed by atoms with Crippen molar-refractivity contribution in [1.29, 1.82) is 0 Å². The topological polar surface area (TPSA) is 53.9 Å². The van der Waals surface area contributed by atoms with Crippen molar-refractivity contribution in [2.24, 2.45) is 5.92 Å². The Morgan fingerprint density at radius 3 is 2.55 bits per heavy atom. The maximum Gasteiger partial charge on any atom is 0.242 e. The highest BCUT2D eigenvalue weighted by Crippen LogP contribution is 2.18. The molecule has 5 heteroatoms. The summed E-state index contributed by atoms with van der Waals surface area (Å²) in [6.45, 7) is 12.1. The molecule has 0 amide bonds. The lowest BCUT2D eigenvalue weighted by atomic mass is 10.1. The van der Waals surface area contributed by atoms with E-state index in [1.165, 1.54) is 19.5 Å². The fourth-order valence-corrected chi connectivity index (χ4v) is 2.75. The van der Waals surface area contributed by atoms with Gasteiger partial charge in [-0.1, -0.05) is 13.8 Å². The SMILES string of the molecule is CCc1nnc(NCC2CCN(C(C)C)C2)nc1CC. The van der Waals surface area contributed by atoms with Crippen LogP contribution in [0.5, 0.6) is 0 Å². The normalized spacial score (nSPS) is 19.8. The van der Waals surface area contributed by atoms with Crippen molar-refractivity contribution in [2.75, 3.05) is 25.0 Å². The molecule has 1 aliphatic rings. The molecular weight excluding hydrogens is 250 g/mol. The summed E-state index contributed by atoms with van der Waals surface area (Å²) in [5.41, 5.74) is 2.09. The van der Waals surface area contributed by atoms with E-state index in [0.29, 0.717) is 17.9 Å². The van der Waals surface area contributed by atoms with Gasteiger partial charge in [-0.25, -0.2) is 4.98 Å². The van der Waals surface area contributed by atoms with Crippen LogP contribution in [0, 0.1) is 5.92 Å². The van der Waals surface area contributed by atoms with Crippen LogP contribution in [-0.4, -0.2) is 45.8 Å². The largest absolute Gasteiger partial charge is 0.353 e. The first-order valence-corrected chi connectivity index (χ1v) is 7.84. The van der Waals surface area contributed by atoms with E-state index >= 15 is 0 Å². The molecule has 1 aliphatic heterocycles. The molecule has 1 saturated heterocycles. The Morgan fingerprint density at radius 1 is 1.20 bits per heavy atom. The first kappa shape index (κ1) is 15.2. The molecule has 0 radical (unpaired) electrons. The Balaban J connectivity index is 1.88. The molecule has 2 rings (SSSR count). The standard InChI is InChI=1S/C15H27N5/c1-5-13-14(6-2)18-19-15(17-13)16-9-12-7-8-20(10-12)11(3)4/h11-12H,5-10H2,1-4H3,(H,16,17,19). The van der Waals surface area contributed by atoms with Crippen molar-refractivity contribution in [3.63, 3.8) is 0 Å². The fraction of sp³-hybridized carbons (Fsp3) is 0.800. The molecule has 1 atom stereocenters. The highest BCUT2D eigenvalue weighted by molar-refractivity contribution is 5.25. The van der Waals surface area contributed by atoms with E-state index < -0.39 is 0 Å². The molecule has 1 unspecified atom stereocenters. The highest BCUT2D eigenvalue weighted by Gasteiger charge is 2.24. The smallest absolute Gasteiger partial charge is 0.242 e. The number of hydrogen-bond donors (Lipinski definition) is 1. The summed E-state index contributed by atoms with van der Waals surface area (Å²) >= 11 is 0. The summed E-state index contributed by atoms with van der Waals surface area (Å²) < 4.78 is 0. The number of aryl methyl sites for hydroxylation is 2. The van der Waals surface area contributed by atoms with Gasteiger partial charge >= 0.3 is 0 Å². The zero-order chi connectivity index (χ0) is 14.5. The van der Waals surface area contributed by atoms with Gasteiger partial charge in [0.15, 0.2) is 0 Å². The third-order valence-electron chi connectivity index (χ3n) is 4.11. The van der Waals surface area contributed by atoms with Gasteiger partial charge in [-0.05, 0) is 45.6 Å². The van der Waals surface area contributed by atoms with Crippen LogP contribution in [0.15, 0.2) is 0 Å². The number of anilines is 1. The highest BCUT2D eigenvalue weighted by atomic mass is 15.2. The zero-order valence-corrected chi connectivity index (χ0v) is 13.2. The summed E-state index contributed by atoms with van der Waals surface area (Å²) in [4.78, 5) is 7.11. The van der Waals surface area contributed by atoms with Crippen molar-refractivity contribution < 1.29 is 0 Å². The number of nitrogens with zero attached hydrogens (tertiary/aromatic N) is 4. The number of rotatable bonds is 6. The van der Waals surface area contributed by atoms with Gasteiger partial charge in [-0.2, -0.15) is 5.10 Å². The van der Waals surface area contributed by atoms with E-state index in [-0.39, 0.29) is 0 Å². The number of hydrogen-bond acceptors (Lipinski definition) is 5. The maximum absolute atomic E-state index is 4.58. The lowest BCUT2D eigenvalue weighted by Gasteiger charge is -2.20. The van der Waals surface area contributed by atoms with E-state index in [1.807, 2.05) is 0 Å². The van der Waals surface area contributed by atoms with E-state index in [1.54, 1.807) is 0 Å². The molecule has 0 saturated carbocycles. The summed E-state index contributed by atoms with van der Waals surface area (Å²) in [6, 6.07) is 0.647. The molecule has 112 valence electrons. The van der Waals surface area contributed by atoms with Gasteiger partial charge in [0.2, 0.25) is 5.95 Å². The van der Waals surface area contributed by atoms with Crippen LogP contribution in [0.25, 0.3) is 0 Å². The molecule has 5 nitrogen and oxygen atoms in total.